The highest BCUT2D eigenvalue weighted by Crippen LogP contribution is 2.37. The van der Waals surface area contributed by atoms with Crippen molar-refractivity contribution in [3.63, 3.8) is 0 Å². The lowest BCUT2D eigenvalue weighted by Crippen LogP contribution is -2.33. The summed E-state index contributed by atoms with van der Waals surface area (Å²) in [4.78, 5) is 16.3. The summed E-state index contributed by atoms with van der Waals surface area (Å²) in [7, 11) is 0. The predicted molar refractivity (Wildman–Crippen MR) is 110 cm³/mol. The minimum atomic E-state index is 0.00641. The van der Waals surface area contributed by atoms with E-state index < -0.39 is 0 Å². The summed E-state index contributed by atoms with van der Waals surface area (Å²) in [5.41, 5.74) is 2.14. The zero-order chi connectivity index (χ0) is 18.9. The van der Waals surface area contributed by atoms with Crippen LogP contribution in [-0.4, -0.2) is 46.6 Å². The second-order valence-electron chi connectivity index (χ2n) is 6.69. The maximum absolute atomic E-state index is 13.0. The molecule has 3 aromatic rings. The molecule has 0 bridgehead atoms. The van der Waals surface area contributed by atoms with Crippen LogP contribution in [0.25, 0.3) is 11.3 Å². The van der Waals surface area contributed by atoms with E-state index in [0.29, 0.717) is 16.7 Å². The molecule has 1 amide bonds. The average Bonchev–Trinajstić information content (AvgIpc) is 3.46. The van der Waals surface area contributed by atoms with Gasteiger partial charge in [0.2, 0.25) is 6.79 Å². The first-order chi connectivity index (χ1) is 13.8. The van der Waals surface area contributed by atoms with Crippen molar-refractivity contribution in [3.8, 4) is 22.8 Å². The Bertz CT molecular complexity index is 987. The molecule has 6 nitrogen and oxygen atoms in total. The Morgan fingerprint density at radius 1 is 1.18 bits per heavy atom. The Labute approximate surface area is 170 Å². The van der Waals surface area contributed by atoms with E-state index in [1.165, 1.54) is 4.88 Å². The maximum atomic E-state index is 13.0. The third-order valence-corrected chi connectivity index (χ3v) is 7.41. The third kappa shape index (κ3) is 3.38. The number of thioether (sulfide) groups is 1. The molecule has 1 atom stereocenters. The molecule has 0 radical (unpaired) electrons. The number of H-pyrrole nitrogens is 1. The average molecular weight is 414 g/mol. The molecule has 8 heteroatoms. The van der Waals surface area contributed by atoms with Gasteiger partial charge in [0, 0.05) is 34.5 Å². The van der Waals surface area contributed by atoms with Gasteiger partial charge in [0.1, 0.15) is 5.69 Å². The lowest BCUT2D eigenvalue weighted by atomic mass is 10.1. The summed E-state index contributed by atoms with van der Waals surface area (Å²) < 4.78 is 10.8. The zero-order valence-electron chi connectivity index (χ0n) is 15.1. The fraction of sp³-hybridized carbons (Fsp3) is 0.300. The number of benzene rings is 1. The van der Waals surface area contributed by atoms with Gasteiger partial charge in [-0.1, -0.05) is 6.07 Å². The zero-order valence-corrected chi connectivity index (χ0v) is 16.7. The molecule has 2 aliphatic rings. The highest BCUT2D eigenvalue weighted by Gasteiger charge is 2.25. The molecular formula is C20H19N3O3S2. The van der Waals surface area contributed by atoms with Gasteiger partial charge in [-0.05, 0) is 42.1 Å². The van der Waals surface area contributed by atoms with Gasteiger partial charge in [0.25, 0.3) is 5.91 Å². The smallest absolute Gasteiger partial charge is 0.271 e. The van der Waals surface area contributed by atoms with Crippen LogP contribution in [0, 0.1) is 0 Å². The van der Waals surface area contributed by atoms with Gasteiger partial charge in [-0.2, -0.15) is 16.9 Å². The largest absolute Gasteiger partial charge is 0.454 e. The highest BCUT2D eigenvalue weighted by atomic mass is 32.2. The lowest BCUT2D eigenvalue weighted by Gasteiger charge is -2.19. The number of nitrogens with zero attached hydrogens (tertiary/aromatic N) is 2. The SMILES string of the molecule is O=C(c1cc(-c2ccc3c(c2)OCO3)n[nH]1)N1CCS[C@H](c2cccs2)CC1. The van der Waals surface area contributed by atoms with Crippen LogP contribution in [0.4, 0.5) is 0 Å². The molecule has 144 valence electrons. The minimum Gasteiger partial charge on any atom is -0.454 e. The summed E-state index contributed by atoms with van der Waals surface area (Å²) >= 11 is 3.73. The van der Waals surface area contributed by atoms with Crippen LogP contribution in [0.2, 0.25) is 0 Å². The van der Waals surface area contributed by atoms with Gasteiger partial charge in [-0.15, -0.1) is 11.3 Å². The van der Waals surface area contributed by atoms with Gasteiger partial charge in [-0.3, -0.25) is 9.89 Å². The van der Waals surface area contributed by atoms with Crippen LogP contribution in [0.3, 0.4) is 0 Å². The van der Waals surface area contributed by atoms with Crippen molar-refractivity contribution >= 4 is 29.0 Å². The lowest BCUT2D eigenvalue weighted by molar-refractivity contribution is 0.0760. The van der Waals surface area contributed by atoms with Crippen molar-refractivity contribution < 1.29 is 14.3 Å². The summed E-state index contributed by atoms with van der Waals surface area (Å²) in [6.07, 6.45) is 0.972. The number of hydrogen-bond donors (Lipinski definition) is 1. The normalized spacial score (nSPS) is 18.9. The topological polar surface area (TPSA) is 67.5 Å². The molecule has 0 aliphatic carbocycles. The molecule has 2 aromatic heterocycles. The van der Waals surface area contributed by atoms with Crippen LogP contribution in [0.15, 0.2) is 41.8 Å². The van der Waals surface area contributed by atoms with Crippen LogP contribution < -0.4 is 9.47 Å². The first kappa shape index (κ1) is 17.6. The number of thiophene rings is 1. The number of rotatable bonds is 3. The molecule has 0 spiro atoms. The van der Waals surface area contributed by atoms with E-state index in [2.05, 4.69) is 27.7 Å². The van der Waals surface area contributed by atoms with Crippen LogP contribution >= 0.6 is 23.1 Å². The van der Waals surface area contributed by atoms with E-state index in [-0.39, 0.29) is 12.7 Å². The summed E-state index contributed by atoms with van der Waals surface area (Å²) in [6, 6.07) is 11.8. The first-order valence-electron chi connectivity index (χ1n) is 9.17. The maximum Gasteiger partial charge on any atom is 0.271 e. The summed E-state index contributed by atoms with van der Waals surface area (Å²) in [5, 5.41) is 9.84. The fourth-order valence-corrected chi connectivity index (χ4v) is 5.72. The number of fused-ring (bicyclic) bond motifs is 1. The van der Waals surface area contributed by atoms with Gasteiger partial charge < -0.3 is 14.4 Å². The summed E-state index contributed by atoms with van der Waals surface area (Å²) in [5.74, 6) is 2.39. The summed E-state index contributed by atoms with van der Waals surface area (Å²) in [6.45, 7) is 1.75. The van der Waals surface area contributed by atoms with Crippen molar-refractivity contribution in [1.82, 2.24) is 15.1 Å². The number of ether oxygens (including phenoxy) is 2. The van der Waals surface area contributed by atoms with E-state index in [9.17, 15) is 4.79 Å². The third-order valence-electron chi connectivity index (χ3n) is 4.97. The Balaban J connectivity index is 1.29. The molecule has 1 N–H and O–H groups in total. The second-order valence-corrected chi connectivity index (χ2v) is 8.98. The molecule has 1 fully saturated rings. The number of carbonyl (C=O) groups excluding carboxylic acids is 1. The van der Waals surface area contributed by atoms with Crippen LogP contribution in [-0.2, 0) is 0 Å². The number of nitrogens with one attached hydrogen (secondary N) is 1. The van der Waals surface area contributed by atoms with Crippen LogP contribution in [0.5, 0.6) is 11.5 Å². The van der Waals surface area contributed by atoms with Crippen molar-refractivity contribution in [3.05, 3.63) is 52.3 Å². The number of aromatic amines is 1. The Hall–Kier alpha value is -2.45. The molecule has 1 aromatic carbocycles. The Morgan fingerprint density at radius 3 is 3.00 bits per heavy atom. The number of aromatic nitrogens is 2. The van der Waals surface area contributed by atoms with Crippen molar-refractivity contribution in [2.45, 2.75) is 11.7 Å². The fourth-order valence-electron chi connectivity index (χ4n) is 3.48. The van der Waals surface area contributed by atoms with Crippen molar-refractivity contribution in [2.75, 3.05) is 25.6 Å². The molecular weight excluding hydrogens is 394 g/mol. The Morgan fingerprint density at radius 2 is 2.11 bits per heavy atom. The number of amides is 1. The predicted octanol–water partition coefficient (Wildman–Crippen LogP) is 4.19. The van der Waals surface area contributed by atoms with E-state index in [4.69, 9.17) is 9.47 Å². The first-order valence-corrected chi connectivity index (χ1v) is 11.1. The van der Waals surface area contributed by atoms with Gasteiger partial charge in [-0.25, -0.2) is 0 Å². The van der Waals surface area contributed by atoms with E-state index >= 15 is 0 Å². The van der Waals surface area contributed by atoms with Gasteiger partial charge >= 0.3 is 0 Å². The standard InChI is InChI=1S/C20H19N3O3S2/c24-20(23-6-5-19(28-9-7-23)18-2-1-8-27-18)15-11-14(21-22-15)13-3-4-16-17(10-13)26-12-25-16/h1-4,8,10-11,19H,5-7,9,12H2,(H,21,22)/t19-/m0/s1. The van der Waals surface area contributed by atoms with E-state index in [1.54, 1.807) is 11.3 Å². The van der Waals surface area contributed by atoms with Gasteiger partial charge in [0.05, 0.1) is 5.69 Å². The van der Waals surface area contributed by atoms with Crippen LogP contribution in [0.1, 0.15) is 27.0 Å². The molecule has 28 heavy (non-hydrogen) atoms. The quantitative estimate of drug-likeness (QED) is 0.697. The number of carbonyl (C=O) groups is 1. The molecule has 1 saturated heterocycles. The molecule has 5 rings (SSSR count). The molecule has 0 saturated carbocycles. The van der Waals surface area contributed by atoms with Gasteiger partial charge in [0.15, 0.2) is 11.5 Å². The molecule has 4 heterocycles. The molecule has 2 aliphatic heterocycles. The molecule has 0 unspecified atom stereocenters. The monoisotopic (exact) mass is 413 g/mol. The van der Waals surface area contributed by atoms with E-state index in [1.807, 2.05) is 40.9 Å². The second kappa shape index (κ2) is 7.52. The highest BCUT2D eigenvalue weighted by molar-refractivity contribution is 7.99. The van der Waals surface area contributed by atoms with E-state index in [0.717, 1.165) is 42.3 Å². The number of hydrogen-bond acceptors (Lipinski definition) is 6. The minimum absolute atomic E-state index is 0.00641. The van der Waals surface area contributed by atoms with Crippen molar-refractivity contribution in [2.24, 2.45) is 0 Å². The van der Waals surface area contributed by atoms with Crippen molar-refractivity contribution in [1.29, 1.82) is 0 Å². The Kier molecular flexibility index (Phi) is 4.74.